The standard InChI is InChI=1S/C7H12N4O3/c1-5(2)11-9-8-7(14)10(11)4-3-6(12)13/h3-5,9H,1-2H3,(H,8,14)(H,12,13)/i/hD. The van der Waals surface area contributed by atoms with Crippen LogP contribution in [-0.2, 0) is 4.79 Å². The third-order valence-corrected chi connectivity index (χ3v) is 1.52. The molecule has 78 valence electrons. The molecule has 14 heavy (non-hydrogen) atoms. The van der Waals surface area contributed by atoms with Gasteiger partial charge in [0, 0.05) is 18.3 Å². The highest BCUT2D eigenvalue weighted by molar-refractivity contribution is 5.81. The van der Waals surface area contributed by atoms with Crippen molar-refractivity contribution < 1.29 is 16.1 Å². The lowest BCUT2D eigenvalue weighted by molar-refractivity contribution is -0.131. The molecule has 2 amide bonds. The van der Waals surface area contributed by atoms with Gasteiger partial charge in [-0.05, 0) is 13.8 Å². The number of rotatable bonds is 3. The minimum absolute atomic E-state index is 0.0947. The van der Waals surface area contributed by atoms with Crippen molar-refractivity contribution in [2.45, 2.75) is 19.9 Å². The van der Waals surface area contributed by atoms with Gasteiger partial charge in [0.2, 0.25) is 0 Å². The van der Waals surface area contributed by atoms with Crippen molar-refractivity contribution in [3.8, 4) is 0 Å². The molecule has 0 saturated carbocycles. The van der Waals surface area contributed by atoms with Crippen molar-refractivity contribution in [2.75, 3.05) is 0 Å². The molecular weight excluding hydrogens is 188 g/mol. The Kier molecular flexibility index (Phi) is 2.61. The Hall–Kier alpha value is -1.60. The monoisotopic (exact) mass is 201 g/mol. The fourth-order valence-corrected chi connectivity index (χ4v) is 0.920. The van der Waals surface area contributed by atoms with E-state index in [-0.39, 0.29) is 6.04 Å². The highest BCUT2D eigenvalue weighted by atomic mass is 16.4. The number of carboxylic acid groups (broad SMARTS) is 1. The Morgan fingerprint density at radius 3 is 2.86 bits per heavy atom. The Bertz CT molecular complexity index is 307. The van der Waals surface area contributed by atoms with Crippen molar-refractivity contribution in [3.05, 3.63) is 12.3 Å². The summed E-state index contributed by atoms with van der Waals surface area (Å²) in [6.45, 7) is 3.59. The summed E-state index contributed by atoms with van der Waals surface area (Å²) in [6.07, 6.45) is 1.92. The number of nitrogens with one attached hydrogen (secondary N) is 2. The van der Waals surface area contributed by atoms with Crippen LogP contribution in [0.5, 0.6) is 0 Å². The van der Waals surface area contributed by atoms with Gasteiger partial charge in [0.05, 0.1) is 0 Å². The second-order valence-corrected chi connectivity index (χ2v) is 2.93. The van der Waals surface area contributed by atoms with Crippen LogP contribution in [0.15, 0.2) is 12.3 Å². The third kappa shape index (κ3) is 2.21. The molecule has 1 rings (SSSR count). The Morgan fingerprint density at radius 1 is 1.71 bits per heavy atom. The Labute approximate surface area is 82.3 Å². The van der Waals surface area contributed by atoms with Gasteiger partial charge >= 0.3 is 12.0 Å². The lowest BCUT2D eigenvalue weighted by Gasteiger charge is -2.24. The average Bonchev–Trinajstić information content (AvgIpc) is 2.41. The highest BCUT2D eigenvalue weighted by Crippen LogP contribution is 2.06. The molecule has 1 aliphatic rings. The average molecular weight is 201 g/mol. The molecule has 1 fully saturated rings. The number of urea groups is 1. The van der Waals surface area contributed by atoms with Crippen LogP contribution in [0.4, 0.5) is 4.79 Å². The van der Waals surface area contributed by atoms with Crippen molar-refractivity contribution in [1.82, 2.24) is 21.1 Å². The van der Waals surface area contributed by atoms with E-state index < -0.39 is 12.0 Å². The number of hydrogen-bond donors (Lipinski definition) is 3. The molecule has 1 heterocycles. The predicted octanol–water partition coefficient (Wildman–Crippen LogP) is -0.345. The number of amides is 2. The molecule has 0 aromatic carbocycles. The second kappa shape index (κ2) is 4.07. The van der Waals surface area contributed by atoms with Crippen LogP contribution in [0.1, 0.15) is 13.8 Å². The van der Waals surface area contributed by atoms with Crippen LogP contribution >= 0.6 is 0 Å². The quantitative estimate of drug-likeness (QED) is 0.544. The third-order valence-electron chi connectivity index (χ3n) is 1.52. The predicted molar refractivity (Wildman–Crippen MR) is 47.3 cm³/mol. The summed E-state index contributed by atoms with van der Waals surface area (Å²) in [4.78, 5) is 21.6. The fourth-order valence-electron chi connectivity index (χ4n) is 0.920. The van der Waals surface area contributed by atoms with Crippen molar-refractivity contribution in [1.29, 1.82) is 0 Å². The molecule has 0 aliphatic carbocycles. The maximum Gasteiger partial charge on any atom is 0.352 e. The number of aliphatic carboxylic acids is 1. The number of hydrazine groups is 3. The largest absolute Gasteiger partial charge is 0.478 e. The van der Waals surface area contributed by atoms with Gasteiger partial charge in [0.15, 0.2) is 1.41 Å². The van der Waals surface area contributed by atoms with Gasteiger partial charge in [-0.1, -0.05) is 0 Å². The molecule has 1 saturated heterocycles. The molecule has 0 unspecified atom stereocenters. The van der Waals surface area contributed by atoms with E-state index in [0.29, 0.717) is 5.42 Å². The summed E-state index contributed by atoms with van der Waals surface area (Å²) in [5, 5.41) is 10.8. The first-order chi connectivity index (χ1) is 6.93. The lowest BCUT2D eigenvalue weighted by Crippen LogP contribution is -2.45. The molecule has 0 aromatic heterocycles. The molecule has 7 heteroatoms. The zero-order valence-corrected chi connectivity index (χ0v) is 7.84. The first kappa shape index (κ1) is 8.97. The molecule has 0 spiro atoms. The van der Waals surface area contributed by atoms with Crippen LogP contribution in [0.25, 0.3) is 0 Å². The van der Waals surface area contributed by atoms with Gasteiger partial charge < -0.3 is 5.11 Å². The van der Waals surface area contributed by atoms with Gasteiger partial charge in [-0.3, -0.25) is 5.42 Å². The number of hydrogen-bond acceptors (Lipinski definition) is 4. The first-order valence-electron chi connectivity index (χ1n) is 4.47. The van der Waals surface area contributed by atoms with Crippen LogP contribution in [-0.4, -0.2) is 33.3 Å². The van der Waals surface area contributed by atoms with E-state index in [1.807, 2.05) is 0 Å². The summed E-state index contributed by atoms with van der Waals surface area (Å²) in [6, 6.07) is -0.760. The maximum absolute atomic E-state index is 11.3. The molecule has 0 bridgehead atoms. The summed E-state index contributed by atoms with van der Waals surface area (Å²) in [5.74, 6) is -1.16. The fraction of sp³-hybridized carbons (Fsp3) is 0.429. The minimum Gasteiger partial charge on any atom is -0.478 e. The summed E-state index contributed by atoms with van der Waals surface area (Å²) < 4.78 is 7.19. The first-order valence-corrected chi connectivity index (χ1v) is 4.02. The van der Waals surface area contributed by atoms with Crippen LogP contribution in [0, 0.1) is 0 Å². The molecule has 7 nitrogen and oxygen atoms in total. The van der Waals surface area contributed by atoms with E-state index >= 15 is 0 Å². The summed E-state index contributed by atoms with van der Waals surface area (Å²) >= 11 is 0. The second-order valence-electron chi connectivity index (χ2n) is 2.93. The smallest absolute Gasteiger partial charge is 0.352 e. The molecule has 0 radical (unpaired) electrons. The number of nitrogens with zero attached hydrogens (tertiary/aromatic N) is 2. The Balaban J connectivity index is 2.82. The number of carbonyl (C=O) groups excluding carboxylic acids is 1. The van der Waals surface area contributed by atoms with Crippen LogP contribution in [0.3, 0.4) is 0 Å². The maximum atomic E-state index is 11.3. The van der Waals surface area contributed by atoms with Gasteiger partial charge in [-0.25, -0.2) is 14.6 Å². The minimum atomic E-state index is -1.16. The van der Waals surface area contributed by atoms with Crippen molar-refractivity contribution in [3.63, 3.8) is 0 Å². The van der Waals surface area contributed by atoms with Gasteiger partial charge in [-0.2, -0.15) is 0 Å². The normalized spacial score (nSPS) is 19.9. The van der Waals surface area contributed by atoms with E-state index in [1.165, 1.54) is 5.12 Å². The highest BCUT2D eigenvalue weighted by Gasteiger charge is 2.28. The molecule has 1 aliphatic heterocycles. The van der Waals surface area contributed by atoms with Crippen molar-refractivity contribution in [2.24, 2.45) is 0 Å². The molecular formula is C7H12N4O3. The van der Waals surface area contributed by atoms with Crippen molar-refractivity contribution >= 4 is 12.0 Å². The van der Waals surface area contributed by atoms with Crippen LogP contribution < -0.4 is 11.0 Å². The zero-order chi connectivity index (χ0) is 11.6. The zero-order valence-electron chi connectivity index (χ0n) is 8.84. The van der Waals surface area contributed by atoms with E-state index in [1.54, 1.807) is 13.8 Å². The molecule has 0 atom stereocenters. The van der Waals surface area contributed by atoms with E-state index in [4.69, 9.17) is 6.52 Å². The van der Waals surface area contributed by atoms with E-state index in [9.17, 15) is 9.59 Å². The van der Waals surface area contributed by atoms with Gasteiger partial charge in [0.25, 0.3) is 0 Å². The summed E-state index contributed by atoms with van der Waals surface area (Å²) in [7, 11) is 0. The van der Waals surface area contributed by atoms with Gasteiger partial charge in [-0.15, -0.1) is 10.7 Å². The number of carboxylic acids is 1. The van der Waals surface area contributed by atoms with E-state index in [0.717, 1.165) is 17.3 Å². The van der Waals surface area contributed by atoms with Gasteiger partial charge in [0.1, 0.15) is 0 Å². The van der Waals surface area contributed by atoms with Crippen LogP contribution in [0.2, 0.25) is 1.41 Å². The molecule has 0 aromatic rings. The number of carbonyl (C=O) groups is 2. The topological polar surface area (TPSA) is 84.9 Å². The lowest BCUT2D eigenvalue weighted by atomic mass is 10.4. The Morgan fingerprint density at radius 2 is 2.36 bits per heavy atom. The van der Waals surface area contributed by atoms with E-state index in [2.05, 4.69) is 5.53 Å². The molecule has 3 N–H and O–H groups in total. The summed E-state index contributed by atoms with van der Waals surface area (Å²) in [5.41, 5.74) is 2.96. The SMILES string of the molecule is [2H]N1NN(C(C)C)N(C=CC(=O)O)C1=O.